The van der Waals surface area contributed by atoms with Crippen LogP contribution in [0.15, 0.2) is 85.7 Å². The third kappa shape index (κ3) is 9.79. The lowest BCUT2D eigenvalue weighted by atomic mass is 10.0. The van der Waals surface area contributed by atoms with Gasteiger partial charge in [0.1, 0.15) is 24.3 Å². The second kappa shape index (κ2) is 18.2. The molecule has 3 N–H and O–H groups in total. The standard InChI is InChI=1S/C21H23N5O2S.C15H13N5.C6H11ClO2S/c27-29(28,17-7-2-1-3-8-17)26-12-18-20(13-26)23-14-24-21(18)25-16-10-15-6-4-5-9-19(15)22-11-16;1-2-4-13-10(3-1)5-11(6-17-13)20-15-12-7-16-8-14(12)18-9-19-15;7-10(8,9)6-4-2-1-3-5-6/h4-6,9-11,14,17H,1-3,7-8,12-13H2,(H,23,24,25);1-6,9,16H,7-8H2,(H,18,19,20);6H,1-5H2. The Morgan fingerprint density at radius 2 is 1.12 bits per heavy atom. The molecule has 2 aliphatic heterocycles. The van der Waals surface area contributed by atoms with E-state index in [1.807, 2.05) is 54.7 Å². The van der Waals surface area contributed by atoms with Crippen molar-refractivity contribution in [2.75, 3.05) is 10.6 Å². The van der Waals surface area contributed by atoms with Gasteiger partial charge in [-0.1, -0.05) is 74.9 Å². The molecular formula is C42H47ClN10O4S2. The Morgan fingerprint density at radius 1 is 0.593 bits per heavy atom. The van der Waals surface area contributed by atoms with E-state index in [9.17, 15) is 16.8 Å². The maximum Gasteiger partial charge on any atom is 0.235 e. The number of halogens is 1. The summed E-state index contributed by atoms with van der Waals surface area (Å²) in [5.74, 6) is 1.51. The van der Waals surface area contributed by atoms with Crippen LogP contribution in [0.4, 0.5) is 23.0 Å². The summed E-state index contributed by atoms with van der Waals surface area (Å²) in [6, 6.07) is 20.1. The summed E-state index contributed by atoms with van der Waals surface area (Å²) in [4.78, 5) is 26.3. The van der Waals surface area contributed by atoms with Gasteiger partial charge in [-0.3, -0.25) is 9.97 Å². The van der Waals surface area contributed by atoms with Gasteiger partial charge in [-0.2, -0.15) is 4.31 Å². The normalized spacial score (nSPS) is 17.3. The van der Waals surface area contributed by atoms with E-state index in [4.69, 9.17) is 10.7 Å². The second-order valence-electron chi connectivity index (χ2n) is 15.3. The van der Waals surface area contributed by atoms with Crippen LogP contribution >= 0.6 is 10.7 Å². The molecule has 0 bridgehead atoms. The minimum Gasteiger partial charge on any atom is -0.339 e. The molecule has 6 aromatic rings. The van der Waals surface area contributed by atoms with Gasteiger partial charge >= 0.3 is 0 Å². The van der Waals surface area contributed by atoms with E-state index in [0.717, 1.165) is 139 Å². The first-order valence-electron chi connectivity index (χ1n) is 20.1. The van der Waals surface area contributed by atoms with E-state index in [1.165, 1.54) is 6.33 Å². The maximum absolute atomic E-state index is 13.1. The average Bonchev–Trinajstić information content (AvgIpc) is 3.94. The van der Waals surface area contributed by atoms with E-state index in [0.29, 0.717) is 18.9 Å². The number of rotatable bonds is 7. The molecule has 17 heteroatoms. The van der Waals surface area contributed by atoms with E-state index in [2.05, 4.69) is 58.0 Å². The van der Waals surface area contributed by atoms with Crippen molar-refractivity contribution < 1.29 is 16.8 Å². The van der Waals surface area contributed by atoms with Gasteiger partial charge in [0.15, 0.2) is 0 Å². The fourth-order valence-electron chi connectivity index (χ4n) is 8.11. The molecule has 6 heterocycles. The average molecular weight is 855 g/mol. The molecule has 308 valence electrons. The molecule has 0 radical (unpaired) electrons. The lowest BCUT2D eigenvalue weighted by Crippen LogP contribution is -2.36. The zero-order chi connectivity index (χ0) is 40.8. The predicted molar refractivity (Wildman–Crippen MR) is 231 cm³/mol. The highest BCUT2D eigenvalue weighted by molar-refractivity contribution is 8.14. The molecule has 2 fully saturated rings. The highest BCUT2D eigenvalue weighted by atomic mass is 35.7. The molecule has 4 aromatic heterocycles. The number of nitrogens with zero attached hydrogens (tertiary/aromatic N) is 7. The largest absolute Gasteiger partial charge is 0.339 e. The first-order valence-corrected chi connectivity index (χ1v) is 24.0. The van der Waals surface area contributed by atoms with Crippen LogP contribution in [0.1, 0.15) is 86.7 Å². The third-order valence-electron chi connectivity index (χ3n) is 11.3. The van der Waals surface area contributed by atoms with Gasteiger partial charge < -0.3 is 16.0 Å². The molecule has 0 atom stereocenters. The van der Waals surface area contributed by atoms with Crippen LogP contribution in [0.25, 0.3) is 21.8 Å². The number of pyridine rings is 2. The Labute approximate surface area is 349 Å². The minimum absolute atomic E-state index is 0.261. The van der Waals surface area contributed by atoms with Gasteiger partial charge in [-0.15, -0.1) is 0 Å². The Morgan fingerprint density at radius 3 is 1.68 bits per heavy atom. The van der Waals surface area contributed by atoms with Crippen molar-refractivity contribution in [2.45, 2.75) is 101 Å². The minimum atomic E-state index is -3.32. The van der Waals surface area contributed by atoms with Gasteiger partial charge in [0, 0.05) is 52.2 Å². The number of anilines is 4. The summed E-state index contributed by atoms with van der Waals surface area (Å²) in [5.41, 5.74) is 7.51. The molecule has 4 aliphatic rings. The van der Waals surface area contributed by atoms with Crippen molar-refractivity contribution in [2.24, 2.45) is 0 Å². The van der Waals surface area contributed by atoms with Crippen molar-refractivity contribution in [1.29, 1.82) is 0 Å². The highest BCUT2D eigenvalue weighted by Crippen LogP contribution is 2.34. The van der Waals surface area contributed by atoms with Crippen LogP contribution in [-0.4, -0.2) is 61.5 Å². The van der Waals surface area contributed by atoms with Crippen molar-refractivity contribution >= 4 is 74.6 Å². The zero-order valence-corrected chi connectivity index (χ0v) is 35.0. The van der Waals surface area contributed by atoms with Crippen LogP contribution in [0.3, 0.4) is 0 Å². The SMILES string of the molecule is O=S(=O)(C1CCCCC1)N1Cc2ncnc(Nc3cnc4ccccc4c3)c2C1.O=S(=O)(Cl)C1CCCCC1.c1ccc2ncc(Nc3ncnc4c3CNC4)cc2c1. The lowest BCUT2D eigenvalue weighted by molar-refractivity contribution is 0.398. The summed E-state index contributed by atoms with van der Waals surface area (Å²) in [5, 5.41) is 11.6. The van der Waals surface area contributed by atoms with Crippen LogP contribution in [-0.2, 0) is 45.3 Å². The summed E-state index contributed by atoms with van der Waals surface area (Å²) in [6.07, 6.45) is 16.0. The van der Waals surface area contributed by atoms with Crippen LogP contribution in [0.5, 0.6) is 0 Å². The number of para-hydroxylation sites is 2. The molecule has 2 saturated carbocycles. The van der Waals surface area contributed by atoms with E-state index in [1.54, 1.807) is 16.8 Å². The number of benzene rings is 2. The second-order valence-corrected chi connectivity index (χ2v) is 20.4. The summed E-state index contributed by atoms with van der Waals surface area (Å²) in [7, 11) is -1.39. The topological polar surface area (TPSA) is 185 Å². The zero-order valence-electron chi connectivity index (χ0n) is 32.6. The first-order chi connectivity index (χ1) is 28.6. The van der Waals surface area contributed by atoms with Crippen LogP contribution in [0, 0.1) is 0 Å². The van der Waals surface area contributed by atoms with Crippen molar-refractivity contribution in [3.05, 3.63) is 108 Å². The monoisotopic (exact) mass is 854 g/mol. The van der Waals surface area contributed by atoms with Gasteiger partial charge in [-0.05, 0) is 49.9 Å². The van der Waals surface area contributed by atoms with E-state index < -0.39 is 19.1 Å². The molecule has 0 amide bonds. The Hall–Kier alpha value is -4.87. The molecule has 2 aliphatic carbocycles. The Balaban J connectivity index is 0.000000139. The number of aromatic nitrogens is 6. The Bertz CT molecular complexity index is 2660. The van der Waals surface area contributed by atoms with Crippen molar-refractivity contribution in [3.8, 4) is 0 Å². The lowest BCUT2D eigenvalue weighted by Gasteiger charge is -2.26. The van der Waals surface area contributed by atoms with Gasteiger partial charge in [-0.25, -0.2) is 36.8 Å². The third-order valence-corrected chi connectivity index (χ3v) is 15.6. The highest BCUT2D eigenvalue weighted by Gasteiger charge is 2.38. The molecule has 0 spiro atoms. The summed E-state index contributed by atoms with van der Waals surface area (Å²) < 4.78 is 49.3. The number of hydrogen-bond donors (Lipinski definition) is 3. The van der Waals surface area contributed by atoms with E-state index >= 15 is 0 Å². The summed E-state index contributed by atoms with van der Waals surface area (Å²) >= 11 is 0. The van der Waals surface area contributed by atoms with Gasteiger partial charge in [0.05, 0.1) is 63.2 Å². The molecule has 59 heavy (non-hydrogen) atoms. The first kappa shape index (κ1) is 40.9. The number of fused-ring (bicyclic) bond motifs is 4. The Kier molecular flexibility index (Phi) is 12.6. The maximum atomic E-state index is 13.1. The smallest absolute Gasteiger partial charge is 0.235 e. The quantitative estimate of drug-likeness (QED) is 0.131. The summed E-state index contributed by atoms with van der Waals surface area (Å²) in [6.45, 7) is 2.25. The van der Waals surface area contributed by atoms with Crippen LogP contribution in [0.2, 0.25) is 0 Å². The fourth-order valence-corrected chi connectivity index (χ4v) is 11.5. The molecule has 10 rings (SSSR count). The van der Waals surface area contributed by atoms with Gasteiger partial charge in [0.2, 0.25) is 19.1 Å². The number of sulfonamides is 1. The molecular weight excluding hydrogens is 808 g/mol. The number of nitrogens with one attached hydrogen (secondary N) is 3. The van der Waals surface area contributed by atoms with E-state index in [-0.39, 0.29) is 10.5 Å². The van der Waals surface area contributed by atoms with Gasteiger partial charge in [0.25, 0.3) is 0 Å². The van der Waals surface area contributed by atoms with Crippen LogP contribution < -0.4 is 16.0 Å². The predicted octanol–water partition coefficient (Wildman–Crippen LogP) is 8.01. The molecule has 2 aromatic carbocycles. The van der Waals surface area contributed by atoms with Crippen molar-refractivity contribution in [1.82, 2.24) is 39.5 Å². The van der Waals surface area contributed by atoms with Crippen molar-refractivity contribution in [3.63, 3.8) is 0 Å². The molecule has 0 unspecified atom stereocenters. The molecule has 0 saturated heterocycles. The molecule has 14 nitrogen and oxygen atoms in total. The number of hydrogen-bond acceptors (Lipinski definition) is 13. The fraction of sp³-hybridized carbons (Fsp3) is 0.381.